The predicted octanol–water partition coefficient (Wildman–Crippen LogP) is 5.70. The minimum Gasteiger partial charge on any atom is -0.414 e. The SMILES string of the molecule is [C-]#[N+]C1=CC2O[C@@H](O)C[C@]1(NOCc1ccccc1)C1O[Si](C(C)C)(C(C)C)O[Si](C(C)C)(C(C)C)O[C@H]21. The van der Waals surface area contributed by atoms with Gasteiger partial charge in [-0.1, -0.05) is 85.7 Å². The molecule has 2 bridgehead atoms. The monoisotopic (exact) mass is 560 g/mol. The lowest BCUT2D eigenvalue weighted by molar-refractivity contribution is -0.141. The third kappa shape index (κ3) is 4.98. The van der Waals surface area contributed by atoms with Crippen LogP contribution in [0.5, 0.6) is 0 Å². The number of nitrogens with one attached hydrogen (secondary N) is 1. The molecule has 1 aromatic carbocycles. The van der Waals surface area contributed by atoms with E-state index in [0.717, 1.165) is 5.56 Å². The van der Waals surface area contributed by atoms with Crippen molar-refractivity contribution in [2.75, 3.05) is 0 Å². The van der Waals surface area contributed by atoms with Gasteiger partial charge in [0.1, 0.15) is 11.6 Å². The molecule has 3 aliphatic heterocycles. The third-order valence-electron chi connectivity index (χ3n) is 8.32. The van der Waals surface area contributed by atoms with Crippen LogP contribution >= 0.6 is 0 Å². The van der Waals surface area contributed by atoms with Gasteiger partial charge in [-0.3, -0.25) is 4.84 Å². The Bertz CT molecular complexity index is 1030. The number of hydrogen-bond donors (Lipinski definition) is 2. The second-order valence-corrected chi connectivity index (χ2v) is 20.8. The van der Waals surface area contributed by atoms with Crippen molar-refractivity contribution in [3.8, 4) is 0 Å². The van der Waals surface area contributed by atoms with Crippen LogP contribution in [0.2, 0.25) is 22.2 Å². The van der Waals surface area contributed by atoms with Gasteiger partial charge in [0.05, 0.1) is 25.4 Å². The van der Waals surface area contributed by atoms with Gasteiger partial charge in [0.15, 0.2) is 12.0 Å². The van der Waals surface area contributed by atoms with Gasteiger partial charge in [-0.15, -0.1) is 0 Å². The first-order chi connectivity index (χ1) is 17.9. The second kappa shape index (κ2) is 11.2. The van der Waals surface area contributed by atoms with Crippen LogP contribution < -0.4 is 5.48 Å². The summed E-state index contributed by atoms with van der Waals surface area (Å²) in [5.74, 6) is 0. The normalized spacial score (nSPS) is 32.2. The molecule has 0 radical (unpaired) electrons. The maximum atomic E-state index is 11.0. The van der Waals surface area contributed by atoms with Crippen LogP contribution in [0.1, 0.15) is 67.4 Å². The number of fused-ring (bicyclic) bond motifs is 2. The fourth-order valence-corrected chi connectivity index (χ4v) is 17.6. The first-order valence-corrected chi connectivity index (χ1v) is 17.8. The van der Waals surface area contributed by atoms with E-state index in [2.05, 4.69) is 65.7 Å². The van der Waals surface area contributed by atoms with Crippen molar-refractivity contribution in [3.63, 3.8) is 0 Å². The maximum Gasteiger partial charge on any atom is 0.335 e. The molecule has 5 atom stereocenters. The number of benzene rings is 1. The van der Waals surface area contributed by atoms with Crippen molar-refractivity contribution in [2.45, 2.75) is 121 Å². The third-order valence-corrected chi connectivity index (χ3v) is 18.6. The van der Waals surface area contributed by atoms with Crippen molar-refractivity contribution < 1.29 is 27.6 Å². The number of rotatable bonds is 8. The number of nitrogens with zero attached hydrogens (tertiary/aromatic N) is 1. The molecule has 2 fully saturated rings. The minimum atomic E-state index is -2.96. The van der Waals surface area contributed by atoms with Crippen molar-refractivity contribution in [1.82, 2.24) is 5.48 Å². The molecule has 2 unspecified atom stereocenters. The maximum absolute atomic E-state index is 11.0. The van der Waals surface area contributed by atoms with Crippen LogP contribution in [0.3, 0.4) is 0 Å². The molecule has 10 heteroatoms. The highest BCUT2D eigenvalue weighted by Crippen LogP contribution is 2.53. The molecule has 0 aromatic heterocycles. The van der Waals surface area contributed by atoms with Gasteiger partial charge in [0.2, 0.25) is 0 Å². The Morgan fingerprint density at radius 3 is 2.13 bits per heavy atom. The lowest BCUT2D eigenvalue weighted by atomic mass is 9.78. The molecule has 0 saturated carbocycles. The van der Waals surface area contributed by atoms with Crippen LogP contribution in [-0.2, 0) is 29.1 Å². The Hall–Kier alpha value is -1.40. The quantitative estimate of drug-likeness (QED) is 0.240. The summed E-state index contributed by atoms with van der Waals surface area (Å²) in [6.45, 7) is 25.8. The van der Waals surface area contributed by atoms with Gasteiger partial charge in [-0.05, 0) is 33.8 Å². The molecule has 4 aliphatic rings. The Morgan fingerprint density at radius 2 is 1.58 bits per heavy atom. The van der Waals surface area contributed by atoms with Crippen LogP contribution in [0, 0.1) is 6.57 Å². The van der Waals surface area contributed by atoms with Crippen molar-refractivity contribution in [2.24, 2.45) is 0 Å². The molecule has 1 aliphatic carbocycles. The fourth-order valence-electron chi connectivity index (χ4n) is 6.31. The molecule has 0 spiro atoms. The summed E-state index contributed by atoms with van der Waals surface area (Å²) in [6.07, 6.45) is -1.08. The number of aliphatic hydroxyl groups is 1. The van der Waals surface area contributed by atoms with Gasteiger partial charge < -0.3 is 22.8 Å². The molecule has 0 amide bonds. The predicted molar refractivity (Wildman–Crippen MR) is 150 cm³/mol. The highest BCUT2D eigenvalue weighted by Gasteiger charge is 2.67. The highest BCUT2D eigenvalue weighted by molar-refractivity contribution is 6.84. The molecule has 8 nitrogen and oxygen atoms in total. The van der Waals surface area contributed by atoms with Crippen LogP contribution in [0.4, 0.5) is 0 Å². The molecule has 5 rings (SSSR count). The van der Waals surface area contributed by atoms with Crippen LogP contribution in [0.15, 0.2) is 42.1 Å². The lowest BCUT2D eigenvalue weighted by Gasteiger charge is -2.48. The second-order valence-electron chi connectivity index (χ2n) is 12.1. The molecule has 38 heavy (non-hydrogen) atoms. The van der Waals surface area contributed by atoms with E-state index in [9.17, 15) is 5.11 Å². The molecule has 3 heterocycles. The Labute approximate surface area is 229 Å². The lowest BCUT2D eigenvalue weighted by Crippen LogP contribution is -2.66. The Balaban J connectivity index is 1.86. The average Bonchev–Trinajstić information content (AvgIpc) is 3.17. The zero-order chi connectivity index (χ0) is 27.9. The first kappa shape index (κ1) is 29.6. The zero-order valence-electron chi connectivity index (χ0n) is 23.9. The Kier molecular flexibility index (Phi) is 8.75. The molecule has 1 aromatic rings. The Morgan fingerprint density at radius 1 is 1.00 bits per heavy atom. The van der Waals surface area contributed by atoms with E-state index in [1.54, 1.807) is 6.08 Å². The summed E-state index contributed by atoms with van der Waals surface area (Å²) in [6, 6.07) is 9.83. The van der Waals surface area contributed by atoms with Crippen molar-refractivity contribution in [1.29, 1.82) is 0 Å². The van der Waals surface area contributed by atoms with E-state index in [-0.39, 0.29) is 35.2 Å². The molecule has 2 N–H and O–H groups in total. The van der Waals surface area contributed by atoms with Crippen LogP contribution in [0.25, 0.3) is 4.85 Å². The number of hydrogen-bond acceptors (Lipinski definition) is 7. The number of ether oxygens (including phenoxy) is 1. The van der Waals surface area contributed by atoms with Crippen molar-refractivity contribution in [3.05, 3.63) is 59.1 Å². The van der Waals surface area contributed by atoms with E-state index in [1.807, 2.05) is 30.3 Å². The zero-order valence-corrected chi connectivity index (χ0v) is 25.9. The standard InChI is InChI=1S/C28H44N2O6Si2/c1-18(2)37(19(3)4)34-26-23-15-24(29-9)28(16-25(31)33-23,30-32-17-22-13-11-10-12-14-22)27(26)35-38(36-37,20(5)6)21(7)8/h10-15,18-21,23,25-27,30-31H,16-17H2,1-8H3/t23?,25-,26-,27?,28-/m1/s1. The molecular weight excluding hydrogens is 516 g/mol. The van der Waals surface area contributed by atoms with Gasteiger partial charge in [-0.2, -0.15) is 5.48 Å². The smallest absolute Gasteiger partial charge is 0.335 e. The summed E-state index contributed by atoms with van der Waals surface area (Å²) >= 11 is 0. The summed E-state index contributed by atoms with van der Waals surface area (Å²) in [4.78, 5) is 10.0. The number of hydroxylamine groups is 1. The van der Waals surface area contributed by atoms with Gasteiger partial charge in [0, 0.05) is 6.42 Å². The van der Waals surface area contributed by atoms with Gasteiger partial charge in [0.25, 0.3) is 0 Å². The van der Waals surface area contributed by atoms with E-state index < -0.39 is 47.3 Å². The van der Waals surface area contributed by atoms with E-state index in [1.165, 1.54) is 0 Å². The fraction of sp³-hybridized carbons (Fsp3) is 0.679. The summed E-state index contributed by atoms with van der Waals surface area (Å²) in [5.41, 5.74) is 4.03. The number of aliphatic hydroxyl groups excluding tert-OH is 1. The molecule has 2 saturated heterocycles. The average molecular weight is 561 g/mol. The van der Waals surface area contributed by atoms with Gasteiger partial charge >= 0.3 is 17.1 Å². The molecule has 210 valence electrons. The van der Waals surface area contributed by atoms with E-state index in [4.69, 9.17) is 29.1 Å². The van der Waals surface area contributed by atoms with Gasteiger partial charge in [-0.25, -0.2) is 4.85 Å². The summed E-state index contributed by atoms with van der Waals surface area (Å²) in [5, 5.41) is 11.0. The topological polar surface area (TPSA) is 82.8 Å². The molecular formula is C28H44N2O6Si2. The largest absolute Gasteiger partial charge is 0.414 e. The minimum absolute atomic E-state index is 0.0929. The van der Waals surface area contributed by atoms with E-state index in [0.29, 0.717) is 5.70 Å². The highest BCUT2D eigenvalue weighted by atomic mass is 28.5. The summed E-state index contributed by atoms with van der Waals surface area (Å²) in [7, 11) is -5.85. The van der Waals surface area contributed by atoms with Crippen LogP contribution in [-0.4, -0.2) is 52.4 Å². The summed E-state index contributed by atoms with van der Waals surface area (Å²) < 4.78 is 27.9. The van der Waals surface area contributed by atoms with E-state index >= 15 is 0 Å². The van der Waals surface area contributed by atoms with Crippen molar-refractivity contribution >= 4 is 17.1 Å². The first-order valence-electron chi connectivity index (χ1n) is 13.8.